The summed E-state index contributed by atoms with van der Waals surface area (Å²) in [6.45, 7) is 0.316. The van der Waals surface area contributed by atoms with Gasteiger partial charge in [0, 0.05) is 28.7 Å². The number of nitro groups is 1. The average molecular weight is 481 g/mol. The summed E-state index contributed by atoms with van der Waals surface area (Å²) in [4.78, 5) is 26.7. The number of nitro benzene ring substituents is 1. The van der Waals surface area contributed by atoms with Crippen LogP contribution < -0.4 is 19.1 Å². The minimum Gasteiger partial charge on any atom is -0.493 e. The normalized spacial score (nSPS) is 15.3. The number of carbonyl (C=O) groups excluding carboxylic acids is 1. The minimum absolute atomic E-state index is 0.0179. The largest absolute Gasteiger partial charge is 0.493 e. The minimum atomic E-state index is -0.436. The third-order valence-electron chi connectivity index (χ3n) is 5.63. The molecule has 4 rings (SSSR count). The number of anilines is 1. The molecule has 1 heterocycles. The number of amides is 1. The fourth-order valence-corrected chi connectivity index (χ4v) is 5.19. The summed E-state index contributed by atoms with van der Waals surface area (Å²) >= 11 is 1.60. The molecule has 3 aromatic rings. The van der Waals surface area contributed by atoms with Gasteiger partial charge in [0.15, 0.2) is 11.5 Å². The zero-order chi connectivity index (χ0) is 24.2. The van der Waals surface area contributed by atoms with E-state index < -0.39 is 4.92 Å². The Balaban J connectivity index is 1.69. The lowest BCUT2D eigenvalue weighted by atomic mass is 10.1. The van der Waals surface area contributed by atoms with Crippen molar-refractivity contribution in [3.8, 4) is 17.2 Å². The third kappa shape index (κ3) is 4.65. The van der Waals surface area contributed by atoms with Crippen LogP contribution in [0.2, 0.25) is 0 Å². The van der Waals surface area contributed by atoms with Gasteiger partial charge in [0.2, 0.25) is 11.7 Å². The van der Waals surface area contributed by atoms with Crippen LogP contribution in [0.3, 0.4) is 0 Å². The molecule has 0 fully saturated rings. The lowest BCUT2D eigenvalue weighted by molar-refractivity contribution is -0.384. The number of methoxy groups -OCH3 is 3. The Morgan fingerprint density at radius 3 is 2.24 bits per heavy atom. The van der Waals surface area contributed by atoms with Crippen molar-refractivity contribution < 1.29 is 23.9 Å². The van der Waals surface area contributed by atoms with Crippen molar-refractivity contribution in [2.24, 2.45) is 0 Å². The van der Waals surface area contributed by atoms with Crippen molar-refractivity contribution in [2.75, 3.05) is 26.2 Å². The molecule has 176 valence electrons. The highest BCUT2D eigenvalue weighted by Gasteiger charge is 2.30. The Bertz CT molecular complexity index is 1190. The summed E-state index contributed by atoms with van der Waals surface area (Å²) in [5.41, 5.74) is 2.53. The quantitative estimate of drug-likeness (QED) is 0.331. The van der Waals surface area contributed by atoms with Crippen LogP contribution in [-0.2, 0) is 11.3 Å². The number of hydrogen-bond acceptors (Lipinski definition) is 7. The summed E-state index contributed by atoms with van der Waals surface area (Å²) in [7, 11) is 4.68. The van der Waals surface area contributed by atoms with E-state index in [2.05, 4.69) is 0 Å². The van der Waals surface area contributed by atoms with Crippen LogP contribution in [0.4, 0.5) is 11.4 Å². The molecule has 0 spiro atoms. The van der Waals surface area contributed by atoms with Crippen LogP contribution >= 0.6 is 11.8 Å². The number of hydrogen-bond donors (Lipinski definition) is 0. The molecule has 1 aliphatic rings. The van der Waals surface area contributed by atoms with Gasteiger partial charge in [0.05, 0.1) is 38.5 Å². The molecule has 1 aliphatic heterocycles. The maximum absolute atomic E-state index is 13.5. The van der Waals surface area contributed by atoms with E-state index in [9.17, 15) is 14.9 Å². The number of carbonyl (C=O) groups is 1. The fraction of sp³-hybridized carbons (Fsp3) is 0.240. The van der Waals surface area contributed by atoms with Crippen molar-refractivity contribution in [2.45, 2.75) is 23.1 Å². The van der Waals surface area contributed by atoms with Gasteiger partial charge in [0.1, 0.15) is 0 Å². The summed E-state index contributed by atoms with van der Waals surface area (Å²) < 4.78 is 16.4. The van der Waals surface area contributed by atoms with E-state index in [1.807, 2.05) is 36.4 Å². The number of nitrogens with zero attached hydrogens (tertiary/aromatic N) is 2. The van der Waals surface area contributed by atoms with Crippen LogP contribution in [-0.4, -0.2) is 32.2 Å². The summed E-state index contributed by atoms with van der Waals surface area (Å²) in [5.74, 6) is 1.52. The molecule has 1 atom stereocenters. The number of rotatable bonds is 7. The number of benzene rings is 3. The standard InChI is InChI=1S/C25H24N2O6S/c1-31-20-12-17(13-21(32-2)25(20)33-3)23-14-24(28)26(19-6-4-5-7-22(19)34-23)15-16-8-10-18(11-9-16)27(29)30/h4-13,23H,14-15H2,1-3H3/t23-/m1/s1. The molecule has 9 heteroatoms. The topological polar surface area (TPSA) is 91.1 Å². The number of non-ortho nitro benzene ring substituents is 1. The Kier molecular flexibility index (Phi) is 6.93. The SMILES string of the molecule is COc1cc([C@H]2CC(=O)N(Cc3ccc([N+](=O)[O-])cc3)c3ccccc3S2)cc(OC)c1OC. The molecule has 0 unspecified atom stereocenters. The number of ether oxygens (including phenoxy) is 3. The Hall–Kier alpha value is -3.72. The summed E-state index contributed by atoms with van der Waals surface area (Å²) in [6.07, 6.45) is 0.255. The molecule has 3 aromatic carbocycles. The van der Waals surface area contributed by atoms with Crippen LogP contribution in [0.5, 0.6) is 17.2 Å². The van der Waals surface area contributed by atoms with E-state index in [0.29, 0.717) is 23.8 Å². The maximum Gasteiger partial charge on any atom is 0.269 e. The molecule has 8 nitrogen and oxygen atoms in total. The van der Waals surface area contributed by atoms with Gasteiger partial charge >= 0.3 is 0 Å². The Morgan fingerprint density at radius 2 is 1.65 bits per heavy atom. The predicted molar refractivity (Wildman–Crippen MR) is 130 cm³/mol. The molecule has 0 bridgehead atoms. The Labute approximate surface area is 201 Å². The first kappa shape index (κ1) is 23.4. The monoisotopic (exact) mass is 480 g/mol. The van der Waals surface area contributed by atoms with Crippen LogP contribution in [0.15, 0.2) is 65.6 Å². The predicted octanol–water partition coefficient (Wildman–Crippen LogP) is 5.39. The van der Waals surface area contributed by atoms with Gasteiger partial charge in [-0.05, 0) is 35.4 Å². The van der Waals surface area contributed by atoms with Gasteiger partial charge in [-0.2, -0.15) is 0 Å². The molecule has 1 amide bonds. The second kappa shape index (κ2) is 10.0. The molecule has 0 aromatic heterocycles. The summed E-state index contributed by atoms with van der Waals surface area (Å²) in [6, 6.07) is 17.8. The highest BCUT2D eigenvalue weighted by atomic mass is 32.2. The smallest absolute Gasteiger partial charge is 0.269 e. The molecule has 0 saturated carbocycles. The first-order valence-electron chi connectivity index (χ1n) is 10.5. The van der Waals surface area contributed by atoms with E-state index in [4.69, 9.17) is 14.2 Å². The molecule has 0 aliphatic carbocycles. The lowest BCUT2D eigenvalue weighted by Gasteiger charge is -2.23. The van der Waals surface area contributed by atoms with Gasteiger partial charge < -0.3 is 19.1 Å². The van der Waals surface area contributed by atoms with Crippen molar-refractivity contribution in [3.63, 3.8) is 0 Å². The number of thioether (sulfide) groups is 1. The van der Waals surface area contributed by atoms with Gasteiger partial charge in [0.25, 0.3) is 5.69 Å². The first-order chi connectivity index (χ1) is 16.4. The molecule has 34 heavy (non-hydrogen) atoms. The van der Waals surface area contributed by atoms with Crippen molar-refractivity contribution in [1.29, 1.82) is 0 Å². The van der Waals surface area contributed by atoms with Crippen molar-refractivity contribution >= 4 is 29.0 Å². The van der Waals surface area contributed by atoms with Gasteiger partial charge in [-0.3, -0.25) is 14.9 Å². The van der Waals surface area contributed by atoms with E-state index in [-0.39, 0.29) is 23.3 Å². The van der Waals surface area contributed by atoms with Crippen LogP contribution in [0.1, 0.15) is 22.8 Å². The van der Waals surface area contributed by atoms with Crippen LogP contribution in [0, 0.1) is 10.1 Å². The third-order valence-corrected chi connectivity index (χ3v) is 6.96. The fourth-order valence-electron chi connectivity index (χ4n) is 3.93. The second-order valence-electron chi connectivity index (χ2n) is 7.64. The molecule has 0 radical (unpaired) electrons. The van der Waals surface area contributed by atoms with E-state index in [0.717, 1.165) is 21.7 Å². The van der Waals surface area contributed by atoms with Gasteiger partial charge in [-0.1, -0.05) is 24.3 Å². The molecule has 0 saturated heterocycles. The van der Waals surface area contributed by atoms with Gasteiger partial charge in [-0.15, -0.1) is 11.8 Å². The second-order valence-corrected chi connectivity index (χ2v) is 8.89. The molecule has 0 N–H and O–H groups in total. The number of para-hydroxylation sites is 1. The maximum atomic E-state index is 13.5. The number of fused-ring (bicyclic) bond motifs is 1. The van der Waals surface area contributed by atoms with E-state index >= 15 is 0 Å². The first-order valence-corrected chi connectivity index (χ1v) is 11.4. The zero-order valence-corrected chi connectivity index (χ0v) is 19.8. The summed E-state index contributed by atoms with van der Waals surface area (Å²) in [5, 5.41) is 10.8. The van der Waals surface area contributed by atoms with Crippen molar-refractivity contribution in [1.82, 2.24) is 0 Å². The molecular weight excluding hydrogens is 456 g/mol. The van der Waals surface area contributed by atoms with E-state index in [1.54, 1.807) is 50.1 Å². The lowest BCUT2D eigenvalue weighted by Crippen LogP contribution is -2.30. The highest BCUT2D eigenvalue weighted by molar-refractivity contribution is 7.99. The highest BCUT2D eigenvalue weighted by Crippen LogP contribution is 2.49. The molecular formula is C25H24N2O6S. The van der Waals surface area contributed by atoms with Crippen LogP contribution in [0.25, 0.3) is 0 Å². The van der Waals surface area contributed by atoms with Crippen molar-refractivity contribution in [3.05, 3.63) is 81.9 Å². The van der Waals surface area contributed by atoms with Gasteiger partial charge in [-0.25, -0.2) is 0 Å². The Morgan fingerprint density at radius 1 is 1.00 bits per heavy atom. The zero-order valence-electron chi connectivity index (χ0n) is 19.0. The average Bonchev–Trinajstić information content (AvgIpc) is 2.99. The van der Waals surface area contributed by atoms with E-state index in [1.165, 1.54) is 12.1 Å².